The summed E-state index contributed by atoms with van der Waals surface area (Å²) >= 11 is 0. The van der Waals surface area contributed by atoms with Crippen LogP contribution >= 0.6 is 0 Å². The summed E-state index contributed by atoms with van der Waals surface area (Å²) < 4.78 is 17.2. The van der Waals surface area contributed by atoms with Crippen molar-refractivity contribution < 1.29 is 18.4 Å². The average Bonchev–Trinajstić information content (AvgIpc) is 3.45. The van der Waals surface area contributed by atoms with Crippen molar-refractivity contribution in [2.24, 2.45) is 0 Å². The Kier molecular flexibility index (Phi) is 5.09. The van der Waals surface area contributed by atoms with Gasteiger partial charge in [0.25, 0.3) is 5.91 Å². The van der Waals surface area contributed by atoms with Gasteiger partial charge in [0.2, 0.25) is 0 Å². The molecule has 0 spiro atoms. The molecule has 1 fully saturated rings. The van der Waals surface area contributed by atoms with Crippen molar-refractivity contribution >= 4 is 22.6 Å². The van der Waals surface area contributed by atoms with E-state index in [0.717, 1.165) is 29.6 Å². The molecule has 1 aliphatic heterocycles. The number of hydrogen-bond donors (Lipinski definition) is 1. The minimum Gasteiger partial charge on any atom is -0.459 e. The molecule has 0 unspecified atom stereocenters. The Morgan fingerprint density at radius 1 is 0.933 bits per heavy atom. The van der Waals surface area contributed by atoms with E-state index in [-0.39, 0.29) is 17.7 Å². The lowest BCUT2D eigenvalue weighted by atomic mass is 10.0. The monoisotopic (exact) mass is 402 g/mol. The molecule has 2 aromatic carbocycles. The predicted molar refractivity (Wildman–Crippen MR) is 114 cm³/mol. The van der Waals surface area contributed by atoms with Gasteiger partial charge in [-0.2, -0.15) is 0 Å². The van der Waals surface area contributed by atoms with E-state index in [1.807, 2.05) is 42.5 Å². The van der Waals surface area contributed by atoms with Crippen LogP contribution in [0.15, 0.2) is 81.8 Å². The molecule has 3 heterocycles. The minimum atomic E-state index is -0.304. The van der Waals surface area contributed by atoms with Crippen LogP contribution in [-0.2, 0) is 4.74 Å². The Morgan fingerprint density at radius 3 is 2.47 bits per heavy atom. The van der Waals surface area contributed by atoms with Gasteiger partial charge in [0.1, 0.15) is 11.3 Å². The van der Waals surface area contributed by atoms with E-state index in [2.05, 4.69) is 22.3 Å². The molecule has 1 N–H and O–H groups in total. The van der Waals surface area contributed by atoms with Crippen LogP contribution in [0.3, 0.4) is 0 Å². The number of rotatable bonds is 5. The number of ether oxygens (including phenoxy) is 1. The van der Waals surface area contributed by atoms with Gasteiger partial charge in [-0.3, -0.25) is 9.69 Å². The predicted octanol–water partition coefficient (Wildman–Crippen LogP) is 4.70. The number of anilines is 1. The zero-order valence-corrected chi connectivity index (χ0v) is 16.4. The molecule has 152 valence electrons. The second kappa shape index (κ2) is 8.18. The van der Waals surface area contributed by atoms with Crippen molar-refractivity contribution in [3.05, 3.63) is 90.1 Å². The number of nitrogens with one attached hydrogen (secondary N) is 1. The van der Waals surface area contributed by atoms with Crippen LogP contribution in [-0.4, -0.2) is 37.1 Å². The Hall–Kier alpha value is -3.35. The van der Waals surface area contributed by atoms with Gasteiger partial charge >= 0.3 is 0 Å². The molecule has 5 rings (SSSR count). The number of nitrogens with zero attached hydrogens (tertiary/aromatic N) is 1. The molecule has 2 aromatic heterocycles. The summed E-state index contributed by atoms with van der Waals surface area (Å²) in [6.07, 6.45) is 1.49. The molecule has 0 bridgehead atoms. The normalized spacial score (nSPS) is 15.9. The van der Waals surface area contributed by atoms with Gasteiger partial charge in [0.05, 0.1) is 31.2 Å². The van der Waals surface area contributed by atoms with E-state index in [0.29, 0.717) is 24.7 Å². The number of para-hydroxylation sites is 1. The maximum absolute atomic E-state index is 12.8. The van der Waals surface area contributed by atoms with Gasteiger partial charge in [0, 0.05) is 18.5 Å². The first-order chi connectivity index (χ1) is 14.8. The lowest BCUT2D eigenvalue weighted by molar-refractivity contribution is 0.0206. The summed E-state index contributed by atoms with van der Waals surface area (Å²) in [6, 6.07) is 21.2. The highest BCUT2D eigenvalue weighted by atomic mass is 16.5. The van der Waals surface area contributed by atoms with Gasteiger partial charge < -0.3 is 18.9 Å². The van der Waals surface area contributed by atoms with E-state index in [9.17, 15) is 4.79 Å². The van der Waals surface area contributed by atoms with Crippen LogP contribution in [0.25, 0.3) is 11.0 Å². The number of fused-ring (bicyclic) bond motifs is 1. The van der Waals surface area contributed by atoms with Gasteiger partial charge in [-0.05, 0) is 29.8 Å². The first-order valence-electron chi connectivity index (χ1n) is 10.0. The molecule has 30 heavy (non-hydrogen) atoms. The Bertz CT molecular complexity index is 1130. The smallest absolute Gasteiger partial charge is 0.291 e. The molecular formula is C24H22N2O4. The highest BCUT2D eigenvalue weighted by Gasteiger charge is 2.31. The zero-order valence-electron chi connectivity index (χ0n) is 16.4. The molecule has 6 nitrogen and oxygen atoms in total. The van der Waals surface area contributed by atoms with Crippen molar-refractivity contribution in [3.8, 4) is 0 Å². The summed E-state index contributed by atoms with van der Waals surface area (Å²) in [5.74, 6) is 0.666. The van der Waals surface area contributed by atoms with Gasteiger partial charge in [-0.1, -0.05) is 42.5 Å². The number of carbonyl (C=O) groups is 1. The standard InChI is InChI=1S/C24H22N2O4/c27-24(20-11-6-14-29-20)25-21-18-9-4-5-10-19(18)30-23(21)22(17-7-2-1-3-8-17)26-12-15-28-16-13-26/h1-11,14,22H,12-13,15-16H2,(H,25,27)/t22-/m0/s1. The number of morpholine rings is 1. The van der Waals surface area contributed by atoms with E-state index < -0.39 is 0 Å². The Morgan fingerprint density at radius 2 is 1.70 bits per heavy atom. The maximum atomic E-state index is 12.8. The molecule has 0 saturated carbocycles. The molecule has 1 amide bonds. The second-order valence-electron chi connectivity index (χ2n) is 7.23. The second-order valence-corrected chi connectivity index (χ2v) is 7.23. The fraction of sp³-hybridized carbons (Fsp3) is 0.208. The van der Waals surface area contributed by atoms with E-state index in [1.165, 1.54) is 6.26 Å². The van der Waals surface area contributed by atoms with Gasteiger partial charge in [-0.25, -0.2) is 0 Å². The van der Waals surface area contributed by atoms with E-state index in [1.54, 1.807) is 12.1 Å². The number of hydrogen-bond acceptors (Lipinski definition) is 5. The van der Waals surface area contributed by atoms with E-state index >= 15 is 0 Å². The van der Waals surface area contributed by atoms with Crippen LogP contribution in [0.2, 0.25) is 0 Å². The molecule has 0 aliphatic carbocycles. The zero-order chi connectivity index (χ0) is 20.3. The largest absolute Gasteiger partial charge is 0.459 e. The Balaban J connectivity index is 1.64. The maximum Gasteiger partial charge on any atom is 0.291 e. The first kappa shape index (κ1) is 18.7. The highest BCUT2D eigenvalue weighted by molar-refractivity contribution is 6.08. The molecule has 1 aliphatic rings. The van der Waals surface area contributed by atoms with Gasteiger partial charge in [0.15, 0.2) is 5.76 Å². The quantitative estimate of drug-likeness (QED) is 0.524. The van der Waals surface area contributed by atoms with Crippen LogP contribution < -0.4 is 5.32 Å². The topological polar surface area (TPSA) is 67.9 Å². The number of benzene rings is 2. The van der Waals surface area contributed by atoms with Crippen molar-refractivity contribution in [2.45, 2.75) is 6.04 Å². The SMILES string of the molecule is O=C(Nc1c([C@H](c2ccccc2)N2CCOCC2)oc2ccccc12)c1ccco1. The first-order valence-corrected chi connectivity index (χ1v) is 10.0. The lowest BCUT2D eigenvalue weighted by Gasteiger charge is -2.34. The summed E-state index contributed by atoms with van der Waals surface area (Å²) in [6.45, 7) is 2.89. The average molecular weight is 402 g/mol. The third kappa shape index (κ3) is 3.51. The summed E-state index contributed by atoms with van der Waals surface area (Å²) in [5, 5.41) is 3.90. The van der Waals surface area contributed by atoms with Crippen LogP contribution in [0.1, 0.15) is 27.9 Å². The third-order valence-electron chi connectivity index (χ3n) is 5.38. The molecular weight excluding hydrogens is 380 g/mol. The molecule has 1 saturated heterocycles. The highest BCUT2D eigenvalue weighted by Crippen LogP contribution is 2.40. The summed E-state index contributed by atoms with van der Waals surface area (Å²) in [4.78, 5) is 15.2. The number of carbonyl (C=O) groups excluding carboxylic acids is 1. The molecule has 6 heteroatoms. The van der Waals surface area contributed by atoms with Crippen molar-refractivity contribution in [1.29, 1.82) is 0 Å². The Labute approximate surface area is 174 Å². The van der Waals surface area contributed by atoms with Crippen LogP contribution in [0.4, 0.5) is 5.69 Å². The molecule has 4 aromatic rings. The van der Waals surface area contributed by atoms with Crippen LogP contribution in [0, 0.1) is 0 Å². The fourth-order valence-electron chi connectivity index (χ4n) is 3.97. The molecule has 0 radical (unpaired) electrons. The summed E-state index contributed by atoms with van der Waals surface area (Å²) in [7, 11) is 0. The minimum absolute atomic E-state index is 0.144. The van der Waals surface area contributed by atoms with Gasteiger partial charge in [-0.15, -0.1) is 0 Å². The van der Waals surface area contributed by atoms with E-state index in [4.69, 9.17) is 13.6 Å². The van der Waals surface area contributed by atoms with Crippen molar-refractivity contribution in [2.75, 3.05) is 31.6 Å². The fourth-order valence-corrected chi connectivity index (χ4v) is 3.97. The molecule has 1 atom stereocenters. The van der Waals surface area contributed by atoms with Crippen LogP contribution in [0.5, 0.6) is 0 Å². The van der Waals surface area contributed by atoms with Crippen molar-refractivity contribution in [3.63, 3.8) is 0 Å². The van der Waals surface area contributed by atoms with Crippen molar-refractivity contribution in [1.82, 2.24) is 4.90 Å². The summed E-state index contributed by atoms with van der Waals surface area (Å²) in [5.41, 5.74) is 2.51. The number of furan rings is 2. The number of amides is 1. The third-order valence-corrected chi connectivity index (χ3v) is 5.38. The lowest BCUT2D eigenvalue weighted by Crippen LogP contribution is -2.39.